The van der Waals surface area contributed by atoms with E-state index in [-0.39, 0.29) is 16.6 Å². The van der Waals surface area contributed by atoms with E-state index in [1.165, 1.54) is 24.4 Å². The number of hydrogen-bond donors (Lipinski definition) is 0. The standard InChI is InChI=1S/C15H10F3N3O/c1-9-4-2-5-10(8-9)14(22)21-13-11(6-3-7-19-13)12(20-21)15(16,17)18/h2-8H,1H3. The third kappa shape index (κ3) is 2.34. The molecular formula is C15H10F3N3O. The second-order valence-electron chi connectivity index (χ2n) is 4.81. The van der Waals surface area contributed by atoms with Crippen LogP contribution >= 0.6 is 0 Å². The van der Waals surface area contributed by atoms with Gasteiger partial charge >= 0.3 is 6.18 Å². The molecule has 0 aliphatic rings. The lowest BCUT2D eigenvalue weighted by molar-refractivity contribution is -0.140. The second kappa shape index (κ2) is 4.94. The maximum Gasteiger partial charge on any atom is 0.435 e. The van der Waals surface area contributed by atoms with Crippen LogP contribution < -0.4 is 0 Å². The van der Waals surface area contributed by atoms with Crippen LogP contribution in [-0.4, -0.2) is 20.7 Å². The molecule has 3 rings (SSSR count). The maximum absolute atomic E-state index is 13.0. The van der Waals surface area contributed by atoms with Crippen molar-refractivity contribution in [1.29, 1.82) is 0 Å². The summed E-state index contributed by atoms with van der Waals surface area (Å²) < 4.78 is 39.8. The Morgan fingerprint density at radius 1 is 1.18 bits per heavy atom. The lowest BCUT2D eigenvalue weighted by Gasteiger charge is -2.03. The zero-order valence-corrected chi connectivity index (χ0v) is 11.4. The fourth-order valence-corrected chi connectivity index (χ4v) is 2.20. The number of aromatic nitrogens is 3. The summed E-state index contributed by atoms with van der Waals surface area (Å²) in [6.07, 6.45) is -3.33. The van der Waals surface area contributed by atoms with Crippen molar-refractivity contribution in [2.24, 2.45) is 0 Å². The lowest BCUT2D eigenvalue weighted by Crippen LogP contribution is -2.16. The van der Waals surface area contributed by atoms with E-state index in [2.05, 4.69) is 10.1 Å². The molecule has 0 fully saturated rings. The van der Waals surface area contributed by atoms with E-state index < -0.39 is 17.8 Å². The Labute approximate surface area is 123 Å². The molecule has 0 spiro atoms. The van der Waals surface area contributed by atoms with Crippen LogP contribution in [0.5, 0.6) is 0 Å². The van der Waals surface area contributed by atoms with Gasteiger partial charge in [0.05, 0.1) is 5.39 Å². The highest BCUT2D eigenvalue weighted by Gasteiger charge is 2.38. The minimum Gasteiger partial charge on any atom is -0.267 e. The third-order valence-electron chi connectivity index (χ3n) is 3.17. The highest BCUT2D eigenvalue weighted by atomic mass is 19.4. The molecule has 0 saturated carbocycles. The molecule has 4 nitrogen and oxygen atoms in total. The average Bonchev–Trinajstić information content (AvgIpc) is 2.86. The number of aryl methyl sites for hydroxylation is 1. The van der Waals surface area contributed by atoms with E-state index in [0.717, 1.165) is 5.56 Å². The van der Waals surface area contributed by atoms with Crippen molar-refractivity contribution in [2.45, 2.75) is 13.1 Å². The molecule has 0 bridgehead atoms. The average molecular weight is 305 g/mol. The molecule has 112 valence electrons. The van der Waals surface area contributed by atoms with Gasteiger partial charge in [-0.15, -0.1) is 0 Å². The summed E-state index contributed by atoms with van der Waals surface area (Å²) >= 11 is 0. The van der Waals surface area contributed by atoms with Crippen molar-refractivity contribution in [1.82, 2.24) is 14.8 Å². The normalized spacial score (nSPS) is 11.8. The van der Waals surface area contributed by atoms with E-state index in [1.54, 1.807) is 25.1 Å². The molecule has 7 heteroatoms. The van der Waals surface area contributed by atoms with Gasteiger partial charge in [0.25, 0.3) is 5.91 Å². The van der Waals surface area contributed by atoms with Gasteiger partial charge in [0.2, 0.25) is 0 Å². The van der Waals surface area contributed by atoms with Crippen LogP contribution in [0, 0.1) is 6.92 Å². The monoisotopic (exact) mass is 305 g/mol. The first-order valence-electron chi connectivity index (χ1n) is 6.40. The van der Waals surface area contributed by atoms with Crippen LogP contribution in [-0.2, 0) is 6.18 Å². The molecule has 1 aromatic carbocycles. The van der Waals surface area contributed by atoms with E-state index in [4.69, 9.17) is 0 Å². The van der Waals surface area contributed by atoms with Crippen LogP contribution in [0.25, 0.3) is 11.0 Å². The Balaban J connectivity index is 2.21. The van der Waals surface area contributed by atoms with Gasteiger partial charge in [-0.05, 0) is 31.2 Å². The predicted molar refractivity (Wildman–Crippen MR) is 73.4 cm³/mol. The number of pyridine rings is 1. The molecule has 2 heterocycles. The highest BCUT2D eigenvalue weighted by Crippen LogP contribution is 2.33. The zero-order valence-electron chi connectivity index (χ0n) is 11.4. The second-order valence-corrected chi connectivity index (χ2v) is 4.81. The van der Waals surface area contributed by atoms with Crippen molar-refractivity contribution < 1.29 is 18.0 Å². The summed E-state index contributed by atoms with van der Waals surface area (Å²) in [4.78, 5) is 16.3. The zero-order chi connectivity index (χ0) is 15.9. The van der Waals surface area contributed by atoms with E-state index in [1.807, 2.05) is 0 Å². The summed E-state index contributed by atoms with van der Waals surface area (Å²) in [6, 6.07) is 9.19. The summed E-state index contributed by atoms with van der Waals surface area (Å²) in [5.41, 5.74) is -0.145. The van der Waals surface area contributed by atoms with Crippen molar-refractivity contribution >= 4 is 16.9 Å². The molecule has 0 N–H and O–H groups in total. The van der Waals surface area contributed by atoms with Crippen LogP contribution in [0.2, 0.25) is 0 Å². The smallest absolute Gasteiger partial charge is 0.267 e. The van der Waals surface area contributed by atoms with Crippen LogP contribution in [0.15, 0.2) is 42.6 Å². The molecule has 0 unspecified atom stereocenters. The molecule has 2 aromatic heterocycles. The summed E-state index contributed by atoms with van der Waals surface area (Å²) in [5, 5.41) is 3.25. The number of alkyl halides is 3. The number of nitrogens with zero attached hydrogens (tertiary/aromatic N) is 3. The van der Waals surface area contributed by atoms with Gasteiger partial charge in [-0.2, -0.15) is 23.0 Å². The first-order chi connectivity index (χ1) is 10.4. The number of carbonyl (C=O) groups is 1. The Bertz CT molecular complexity index is 868. The molecular weight excluding hydrogens is 295 g/mol. The van der Waals surface area contributed by atoms with Crippen molar-refractivity contribution in [2.75, 3.05) is 0 Å². The Morgan fingerprint density at radius 3 is 2.64 bits per heavy atom. The first kappa shape index (κ1) is 14.2. The number of hydrogen-bond acceptors (Lipinski definition) is 3. The minimum atomic E-state index is -4.65. The summed E-state index contributed by atoms with van der Waals surface area (Å²) in [6.45, 7) is 1.79. The van der Waals surface area contributed by atoms with Gasteiger partial charge in [-0.1, -0.05) is 17.7 Å². The number of benzene rings is 1. The van der Waals surface area contributed by atoms with Gasteiger partial charge < -0.3 is 0 Å². The maximum atomic E-state index is 13.0. The molecule has 0 saturated heterocycles. The minimum absolute atomic E-state index is 0.110. The predicted octanol–water partition coefficient (Wildman–Crippen LogP) is 3.45. The first-order valence-corrected chi connectivity index (χ1v) is 6.40. The van der Waals surface area contributed by atoms with Gasteiger partial charge in [0.1, 0.15) is 0 Å². The van der Waals surface area contributed by atoms with Crippen molar-refractivity contribution in [3.63, 3.8) is 0 Å². The van der Waals surface area contributed by atoms with Crippen LogP contribution in [0.4, 0.5) is 13.2 Å². The van der Waals surface area contributed by atoms with Crippen molar-refractivity contribution in [3.8, 4) is 0 Å². The van der Waals surface area contributed by atoms with Gasteiger partial charge in [0, 0.05) is 11.8 Å². The van der Waals surface area contributed by atoms with E-state index >= 15 is 0 Å². The number of halogens is 3. The topological polar surface area (TPSA) is 47.8 Å². The van der Waals surface area contributed by atoms with E-state index in [9.17, 15) is 18.0 Å². The van der Waals surface area contributed by atoms with Crippen molar-refractivity contribution in [3.05, 3.63) is 59.4 Å². The Kier molecular flexibility index (Phi) is 3.20. The molecule has 22 heavy (non-hydrogen) atoms. The molecule has 3 aromatic rings. The van der Waals surface area contributed by atoms with Crippen LogP contribution in [0.1, 0.15) is 21.6 Å². The SMILES string of the molecule is Cc1cccc(C(=O)n2nc(C(F)(F)F)c3cccnc32)c1. The van der Waals surface area contributed by atoms with Crippen LogP contribution in [0.3, 0.4) is 0 Å². The number of fused-ring (bicyclic) bond motifs is 1. The molecule has 0 radical (unpaired) electrons. The number of rotatable bonds is 1. The Morgan fingerprint density at radius 2 is 1.95 bits per heavy atom. The fraction of sp³-hybridized carbons (Fsp3) is 0.133. The lowest BCUT2D eigenvalue weighted by atomic mass is 10.1. The molecule has 0 atom stereocenters. The van der Waals surface area contributed by atoms with Gasteiger partial charge in [0.15, 0.2) is 11.3 Å². The van der Waals surface area contributed by atoms with Gasteiger partial charge in [-0.25, -0.2) is 4.98 Å². The summed E-state index contributed by atoms with van der Waals surface area (Å²) in [7, 11) is 0. The van der Waals surface area contributed by atoms with Gasteiger partial charge in [-0.3, -0.25) is 4.79 Å². The molecule has 0 aliphatic heterocycles. The summed E-state index contributed by atoms with van der Waals surface area (Å²) in [5.74, 6) is -0.650. The largest absolute Gasteiger partial charge is 0.435 e. The fourth-order valence-electron chi connectivity index (χ4n) is 2.20. The molecule has 0 amide bonds. The van der Waals surface area contributed by atoms with E-state index in [0.29, 0.717) is 4.68 Å². The number of carbonyl (C=O) groups excluding carboxylic acids is 1. The Hall–Kier alpha value is -2.70. The third-order valence-corrected chi connectivity index (χ3v) is 3.17. The molecule has 0 aliphatic carbocycles. The quantitative estimate of drug-likeness (QED) is 0.692. The highest BCUT2D eigenvalue weighted by molar-refractivity contribution is 6.00.